The number of guanidine groups is 1. The van der Waals surface area contributed by atoms with E-state index in [0.29, 0.717) is 42.1 Å². The van der Waals surface area contributed by atoms with E-state index in [9.17, 15) is 19.7 Å². The van der Waals surface area contributed by atoms with E-state index in [2.05, 4.69) is 20.7 Å². The summed E-state index contributed by atoms with van der Waals surface area (Å²) in [5.74, 6) is -0.0642. The summed E-state index contributed by atoms with van der Waals surface area (Å²) >= 11 is 0. The lowest BCUT2D eigenvalue weighted by atomic mass is 9.95. The molecule has 0 radical (unpaired) electrons. The van der Waals surface area contributed by atoms with Crippen LogP contribution in [0.25, 0.3) is 33.0 Å². The van der Waals surface area contributed by atoms with Gasteiger partial charge in [0.25, 0.3) is 17.8 Å². The first kappa shape index (κ1) is 25.3. The first-order valence-electron chi connectivity index (χ1n) is 12.0. The molecule has 200 valence electrons. The largest absolute Gasteiger partial charge is 0.497 e. The minimum Gasteiger partial charge on any atom is -0.497 e. The minimum atomic E-state index is -0.871. The van der Waals surface area contributed by atoms with Crippen molar-refractivity contribution in [2.45, 2.75) is 13.0 Å². The number of hydrogen-bond donors (Lipinski definition) is 4. The number of nitro groups is 1. The maximum absolute atomic E-state index is 13.2. The standard InChI is InChI=1S/C26H25N7O6/c1-38-14-4-6-20-16(10-14)18(12-29-20)22-23(25(35)30-24(22)34)19-13-32(9-3-8-28-26(27)31-33(36)37)21-7-5-15(39-2)11-17(19)21/h4-7,10-13,29H,3,8-9H2,1-2H3,(H3,27,28,31)(H,30,34,35). The Bertz CT molecular complexity index is 1700. The molecular formula is C26H25N7O6. The monoisotopic (exact) mass is 531 g/mol. The summed E-state index contributed by atoms with van der Waals surface area (Å²) in [4.78, 5) is 40.0. The van der Waals surface area contributed by atoms with Gasteiger partial charge in [-0.25, -0.2) is 10.1 Å². The number of hydrazone groups is 1. The molecule has 4 aromatic rings. The molecule has 39 heavy (non-hydrogen) atoms. The highest BCUT2D eigenvalue weighted by molar-refractivity contribution is 6.50. The molecule has 0 atom stereocenters. The fourth-order valence-corrected chi connectivity index (χ4v) is 4.78. The maximum Gasteiger partial charge on any atom is 0.266 e. The quantitative estimate of drug-likeness (QED) is 0.0634. The first-order chi connectivity index (χ1) is 18.8. The van der Waals surface area contributed by atoms with Gasteiger partial charge < -0.3 is 30.1 Å². The van der Waals surface area contributed by atoms with E-state index in [1.54, 1.807) is 20.4 Å². The lowest BCUT2D eigenvalue weighted by Gasteiger charge is -2.07. The highest BCUT2D eigenvalue weighted by Gasteiger charge is 2.35. The third kappa shape index (κ3) is 4.72. The van der Waals surface area contributed by atoms with Gasteiger partial charge in [-0.2, -0.15) is 0 Å². The molecule has 0 bridgehead atoms. The van der Waals surface area contributed by atoms with Gasteiger partial charge in [0.15, 0.2) is 5.03 Å². The lowest BCUT2D eigenvalue weighted by molar-refractivity contribution is -0.485. The number of nitrogens with two attached hydrogens (primary N) is 1. The predicted molar refractivity (Wildman–Crippen MR) is 145 cm³/mol. The summed E-state index contributed by atoms with van der Waals surface area (Å²) in [7, 11) is 3.11. The summed E-state index contributed by atoms with van der Waals surface area (Å²) in [5.41, 5.74) is 8.76. The number of rotatable bonds is 9. The van der Waals surface area contributed by atoms with Crippen LogP contribution in [-0.4, -0.2) is 53.1 Å². The molecule has 0 saturated heterocycles. The topological polar surface area (TPSA) is 179 Å². The van der Waals surface area contributed by atoms with Crippen molar-refractivity contribution >= 4 is 50.7 Å². The van der Waals surface area contributed by atoms with Gasteiger partial charge in [0.05, 0.1) is 25.4 Å². The van der Waals surface area contributed by atoms with Crippen molar-refractivity contribution in [2.75, 3.05) is 20.8 Å². The molecule has 0 aliphatic carbocycles. The Kier molecular flexibility index (Phi) is 6.63. The van der Waals surface area contributed by atoms with E-state index < -0.39 is 16.8 Å². The van der Waals surface area contributed by atoms with Crippen molar-refractivity contribution in [3.63, 3.8) is 0 Å². The van der Waals surface area contributed by atoms with Crippen LogP contribution in [0.15, 0.2) is 53.9 Å². The number of hydrogen-bond acceptors (Lipinski definition) is 6. The summed E-state index contributed by atoms with van der Waals surface area (Å²) in [6.07, 6.45) is 4.07. The number of aromatic amines is 1. The zero-order valence-corrected chi connectivity index (χ0v) is 21.1. The average molecular weight is 532 g/mol. The van der Waals surface area contributed by atoms with Gasteiger partial charge in [0, 0.05) is 58.4 Å². The smallest absolute Gasteiger partial charge is 0.266 e. The van der Waals surface area contributed by atoms with Crippen LogP contribution < -0.4 is 25.8 Å². The molecule has 0 unspecified atom stereocenters. The fourth-order valence-electron chi connectivity index (χ4n) is 4.78. The van der Waals surface area contributed by atoms with Crippen molar-refractivity contribution in [2.24, 2.45) is 10.8 Å². The molecule has 0 spiro atoms. The van der Waals surface area contributed by atoms with Gasteiger partial charge in [-0.15, -0.1) is 0 Å². The normalized spacial score (nSPS) is 13.8. The van der Waals surface area contributed by atoms with Gasteiger partial charge in [0.2, 0.25) is 0 Å². The highest BCUT2D eigenvalue weighted by atomic mass is 16.7. The zero-order valence-electron chi connectivity index (χ0n) is 21.1. The second-order valence-corrected chi connectivity index (χ2v) is 8.77. The van der Waals surface area contributed by atoms with Crippen LogP contribution in [0, 0.1) is 10.1 Å². The third-order valence-electron chi connectivity index (χ3n) is 6.52. The Balaban J connectivity index is 1.60. The summed E-state index contributed by atoms with van der Waals surface area (Å²) < 4.78 is 12.7. The van der Waals surface area contributed by atoms with Crippen molar-refractivity contribution < 1.29 is 24.1 Å². The van der Waals surface area contributed by atoms with Gasteiger partial charge in [-0.3, -0.25) is 14.9 Å². The average Bonchev–Trinajstić information content (AvgIpc) is 3.57. The molecule has 2 amide bonds. The Morgan fingerprint density at radius 3 is 2.41 bits per heavy atom. The predicted octanol–water partition coefficient (Wildman–Crippen LogP) is 2.19. The van der Waals surface area contributed by atoms with Gasteiger partial charge in [0.1, 0.15) is 16.6 Å². The molecule has 2 aromatic carbocycles. The fraction of sp³-hybridized carbons (Fsp3) is 0.192. The van der Waals surface area contributed by atoms with Gasteiger partial charge >= 0.3 is 0 Å². The summed E-state index contributed by atoms with van der Waals surface area (Å²) in [5, 5.41) is 19.2. The van der Waals surface area contributed by atoms with Crippen LogP contribution in [0.1, 0.15) is 17.5 Å². The van der Waals surface area contributed by atoms with E-state index in [4.69, 9.17) is 15.2 Å². The maximum atomic E-state index is 13.2. The first-order valence-corrected chi connectivity index (χ1v) is 12.0. The number of nitrogens with zero attached hydrogens (tertiary/aromatic N) is 3. The number of imide groups is 1. The van der Waals surface area contributed by atoms with Crippen molar-refractivity contribution in [3.8, 4) is 11.5 Å². The second-order valence-electron chi connectivity index (χ2n) is 8.77. The Morgan fingerprint density at radius 2 is 1.72 bits per heavy atom. The molecule has 3 heterocycles. The summed E-state index contributed by atoms with van der Waals surface area (Å²) in [6.45, 7) is 0.822. The second kappa shape index (κ2) is 10.2. The number of carbonyl (C=O) groups excluding carboxylic acids is 2. The molecule has 5 rings (SSSR count). The number of benzene rings is 2. The van der Waals surface area contributed by atoms with Gasteiger partial charge in [-0.1, -0.05) is 0 Å². The van der Waals surface area contributed by atoms with Crippen LogP contribution in [0.2, 0.25) is 0 Å². The summed E-state index contributed by atoms with van der Waals surface area (Å²) in [6, 6.07) is 11.0. The molecule has 13 nitrogen and oxygen atoms in total. The number of carbonyl (C=O) groups is 2. The molecule has 1 aliphatic heterocycles. The van der Waals surface area contributed by atoms with Crippen LogP contribution >= 0.6 is 0 Å². The molecule has 2 aromatic heterocycles. The minimum absolute atomic E-state index is 0.251. The molecular weight excluding hydrogens is 506 g/mol. The number of aromatic nitrogens is 2. The van der Waals surface area contributed by atoms with Crippen LogP contribution in [0.3, 0.4) is 0 Å². The van der Waals surface area contributed by atoms with Crippen LogP contribution in [0.4, 0.5) is 0 Å². The number of methoxy groups -OCH3 is 2. The van der Waals surface area contributed by atoms with Crippen LogP contribution in [-0.2, 0) is 16.1 Å². The Morgan fingerprint density at radius 1 is 1.05 bits per heavy atom. The zero-order chi connectivity index (χ0) is 27.7. The Labute approximate surface area is 221 Å². The highest BCUT2D eigenvalue weighted by Crippen LogP contribution is 2.39. The number of aryl methyl sites for hydroxylation is 1. The molecule has 1 aliphatic rings. The van der Waals surface area contributed by atoms with Crippen LogP contribution in [0.5, 0.6) is 11.5 Å². The molecule has 0 saturated carbocycles. The van der Waals surface area contributed by atoms with E-state index >= 15 is 0 Å². The van der Waals surface area contributed by atoms with E-state index in [-0.39, 0.29) is 17.1 Å². The lowest BCUT2D eigenvalue weighted by Crippen LogP contribution is -2.33. The van der Waals surface area contributed by atoms with Gasteiger partial charge in [-0.05, 0) is 42.8 Å². The molecule has 13 heteroatoms. The number of amides is 2. The third-order valence-corrected chi connectivity index (χ3v) is 6.52. The van der Waals surface area contributed by atoms with E-state index in [1.165, 1.54) is 0 Å². The SMILES string of the molecule is COc1ccc2[nH]cc(C3=C(c4cn(CCCNC(N)=N[N+](=O)[O-])c5ccc(OC)cc45)C(=O)NC3=O)c2c1. The number of ether oxygens (including phenoxy) is 2. The van der Waals surface area contributed by atoms with Crippen molar-refractivity contribution in [3.05, 3.63) is 70.0 Å². The molecule has 0 fully saturated rings. The number of fused-ring (bicyclic) bond motifs is 2. The number of nitrogens with one attached hydrogen (secondary N) is 3. The van der Waals surface area contributed by atoms with Crippen molar-refractivity contribution in [1.82, 2.24) is 20.2 Å². The van der Waals surface area contributed by atoms with Crippen molar-refractivity contribution in [1.29, 1.82) is 0 Å². The number of H-pyrrole nitrogens is 1. The Hall–Kier alpha value is -5.33. The molecule has 5 N–H and O–H groups in total. The van der Waals surface area contributed by atoms with E-state index in [0.717, 1.165) is 21.8 Å². The van der Waals surface area contributed by atoms with E-state index in [1.807, 2.05) is 47.2 Å².